The van der Waals surface area contributed by atoms with E-state index < -0.39 is 6.10 Å². The largest absolute Gasteiger partial charge is 0.388 e. The Labute approximate surface area is 122 Å². The molecule has 0 heterocycles. The van der Waals surface area contributed by atoms with Crippen molar-refractivity contribution in [2.24, 2.45) is 5.92 Å². The Bertz CT molecular complexity index is 609. The maximum absolute atomic E-state index is 10.4. The molecule has 0 aliphatic heterocycles. The Hall–Kier alpha value is -1.02. The zero-order valence-electron chi connectivity index (χ0n) is 10.3. The number of hydrogen-bond acceptors (Lipinski definition) is 1. The van der Waals surface area contributed by atoms with Gasteiger partial charge in [0.05, 0.1) is 16.1 Å². The van der Waals surface area contributed by atoms with Gasteiger partial charge in [-0.25, -0.2) is 0 Å². The van der Waals surface area contributed by atoms with Gasteiger partial charge in [0.2, 0.25) is 0 Å². The third-order valence-electron chi connectivity index (χ3n) is 3.82. The number of aliphatic hydroxyl groups excluding tert-OH is 1. The van der Waals surface area contributed by atoms with Gasteiger partial charge < -0.3 is 5.11 Å². The molecule has 0 radical (unpaired) electrons. The lowest BCUT2D eigenvalue weighted by Crippen LogP contribution is -2.10. The molecule has 2 aromatic carbocycles. The highest BCUT2D eigenvalue weighted by Crippen LogP contribution is 2.39. The molecule has 0 aromatic heterocycles. The van der Waals surface area contributed by atoms with E-state index in [1.165, 1.54) is 5.56 Å². The standard InChI is InChI=1S/C16H14Cl2O/c17-14-7-3-5-11(15(14)18)9-12-8-10-4-1-2-6-13(10)16(12)19/h1-7,12,16,19H,8-9H2. The molecule has 1 aliphatic rings. The van der Waals surface area contributed by atoms with Gasteiger partial charge in [-0.1, -0.05) is 59.6 Å². The molecule has 2 unspecified atom stereocenters. The maximum Gasteiger partial charge on any atom is 0.0827 e. The second kappa shape index (κ2) is 5.16. The lowest BCUT2D eigenvalue weighted by molar-refractivity contribution is 0.123. The molecule has 19 heavy (non-hydrogen) atoms. The first kappa shape index (κ1) is 13.0. The van der Waals surface area contributed by atoms with Gasteiger partial charge in [-0.2, -0.15) is 0 Å². The van der Waals surface area contributed by atoms with Gasteiger partial charge in [0, 0.05) is 0 Å². The summed E-state index contributed by atoms with van der Waals surface area (Å²) in [5.41, 5.74) is 3.29. The fraction of sp³-hybridized carbons (Fsp3) is 0.250. The first-order chi connectivity index (χ1) is 9.16. The number of aliphatic hydroxyl groups is 1. The monoisotopic (exact) mass is 292 g/mol. The van der Waals surface area contributed by atoms with Crippen molar-refractivity contribution in [3.05, 3.63) is 69.2 Å². The van der Waals surface area contributed by atoms with Crippen LogP contribution in [0.25, 0.3) is 0 Å². The van der Waals surface area contributed by atoms with Crippen LogP contribution < -0.4 is 0 Å². The third kappa shape index (κ3) is 2.38. The van der Waals surface area contributed by atoms with Crippen LogP contribution in [0.5, 0.6) is 0 Å². The van der Waals surface area contributed by atoms with Crippen LogP contribution in [0.1, 0.15) is 22.8 Å². The molecule has 0 fully saturated rings. The fourth-order valence-corrected chi connectivity index (χ4v) is 3.23. The van der Waals surface area contributed by atoms with E-state index >= 15 is 0 Å². The molecule has 0 spiro atoms. The van der Waals surface area contributed by atoms with Crippen molar-refractivity contribution in [1.82, 2.24) is 0 Å². The smallest absolute Gasteiger partial charge is 0.0827 e. The van der Waals surface area contributed by atoms with E-state index in [0.717, 1.165) is 24.0 Å². The van der Waals surface area contributed by atoms with Crippen LogP contribution >= 0.6 is 23.2 Å². The van der Waals surface area contributed by atoms with Crippen molar-refractivity contribution >= 4 is 23.2 Å². The molecule has 1 aliphatic carbocycles. The molecular weight excluding hydrogens is 279 g/mol. The maximum atomic E-state index is 10.4. The lowest BCUT2D eigenvalue weighted by atomic mass is 9.94. The van der Waals surface area contributed by atoms with Crippen LogP contribution in [0.4, 0.5) is 0 Å². The average Bonchev–Trinajstić information content (AvgIpc) is 2.73. The Balaban J connectivity index is 1.85. The Morgan fingerprint density at radius 3 is 2.63 bits per heavy atom. The van der Waals surface area contributed by atoms with Crippen molar-refractivity contribution in [3.63, 3.8) is 0 Å². The number of rotatable bonds is 2. The van der Waals surface area contributed by atoms with Gasteiger partial charge in [0.25, 0.3) is 0 Å². The van der Waals surface area contributed by atoms with Gasteiger partial charge in [-0.05, 0) is 41.5 Å². The molecule has 1 N–H and O–H groups in total. The van der Waals surface area contributed by atoms with E-state index in [9.17, 15) is 5.11 Å². The highest BCUT2D eigenvalue weighted by atomic mass is 35.5. The van der Waals surface area contributed by atoms with Crippen LogP contribution in [-0.2, 0) is 12.8 Å². The van der Waals surface area contributed by atoms with Crippen LogP contribution in [0.2, 0.25) is 10.0 Å². The minimum Gasteiger partial charge on any atom is -0.388 e. The van der Waals surface area contributed by atoms with Crippen molar-refractivity contribution in [3.8, 4) is 0 Å². The van der Waals surface area contributed by atoms with E-state index in [1.54, 1.807) is 6.07 Å². The predicted octanol–water partition coefficient (Wildman–Crippen LogP) is 4.44. The number of hydrogen-bond donors (Lipinski definition) is 1. The van der Waals surface area contributed by atoms with Crippen molar-refractivity contribution in [1.29, 1.82) is 0 Å². The Morgan fingerprint density at radius 2 is 1.84 bits per heavy atom. The van der Waals surface area contributed by atoms with E-state index in [4.69, 9.17) is 23.2 Å². The van der Waals surface area contributed by atoms with E-state index in [2.05, 4.69) is 6.07 Å². The zero-order valence-corrected chi connectivity index (χ0v) is 11.8. The molecule has 0 amide bonds. The topological polar surface area (TPSA) is 20.2 Å². The normalized spacial score (nSPS) is 21.4. The minimum atomic E-state index is -0.411. The number of halogens is 2. The molecule has 0 saturated heterocycles. The molecule has 1 nitrogen and oxygen atoms in total. The van der Waals surface area contributed by atoms with Gasteiger partial charge in [0.15, 0.2) is 0 Å². The van der Waals surface area contributed by atoms with Crippen LogP contribution in [0, 0.1) is 5.92 Å². The number of fused-ring (bicyclic) bond motifs is 1. The van der Waals surface area contributed by atoms with Crippen molar-refractivity contribution in [2.45, 2.75) is 18.9 Å². The molecule has 3 rings (SSSR count). The molecule has 0 saturated carbocycles. The van der Waals surface area contributed by atoms with Crippen molar-refractivity contribution in [2.75, 3.05) is 0 Å². The first-order valence-corrected chi connectivity index (χ1v) is 7.11. The predicted molar refractivity (Wildman–Crippen MR) is 78.8 cm³/mol. The molecule has 0 bridgehead atoms. The quantitative estimate of drug-likeness (QED) is 0.867. The van der Waals surface area contributed by atoms with Gasteiger partial charge in [0.1, 0.15) is 0 Å². The van der Waals surface area contributed by atoms with Crippen LogP contribution in [0.3, 0.4) is 0 Å². The van der Waals surface area contributed by atoms with E-state index in [-0.39, 0.29) is 5.92 Å². The summed E-state index contributed by atoms with van der Waals surface area (Å²) in [4.78, 5) is 0. The SMILES string of the molecule is OC1c2ccccc2CC1Cc1cccc(Cl)c1Cl. The summed E-state index contributed by atoms with van der Waals surface area (Å²) in [5.74, 6) is 0.174. The fourth-order valence-electron chi connectivity index (χ4n) is 2.83. The van der Waals surface area contributed by atoms with Crippen molar-refractivity contribution < 1.29 is 5.11 Å². The van der Waals surface area contributed by atoms with Gasteiger partial charge >= 0.3 is 0 Å². The second-order valence-electron chi connectivity index (χ2n) is 5.02. The first-order valence-electron chi connectivity index (χ1n) is 6.35. The summed E-state index contributed by atoms with van der Waals surface area (Å²) in [7, 11) is 0. The molecule has 98 valence electrons. The minimum absolute atomic E-state index is 0.174. The average molecular weight is 293 g/mol. The van der Waals surface area contributed by atoms with Crippen LogP contribution in [0.15, 0.2) is 42.5 Å². The van der Waals surface area contributed by atoms with Gasteiger partial charge in [-0.3, -0.25) is 0 Å². The Kier molecular flexibility index (Phi) is 3.53. The molecular formula is C16H14Cl2O. The lowest BCUT2D eigenvalue weighted by Gasteiger charge is -2.16. The zero-order chi connectivity index (χ0) is 13.4. The highest BCUT2D eigenvalue weighted by molar-refractivity contribution is 6.42. The highest BCUT2D eigenvalue weighted by Gasteiger charge is 2.30. The molecule has 2 atom stereocenters. The molecule has 3 heteroatoms. The Morgan fingerprint density at radius 1 is 1.05 bits per heavy atom. The summed E-state index contributed by atoms with van der Waals surface area (Å²) in [5, 5.41) is 11.6. The third-order valence-corrected chi connectivity index (χ3v) is 4.67. The summed E-state index contributed by atoms with van der Waals surface area (Å²) in [6.07, 6.45) is 1.22. The summed E-state index contributed by atoms with van der Waals surface area (Å²) < 4.78 is 0. The number of benzene rings is 2. The van der Waals surface area contributed by atoms with Crippen LogP contribution in [-0.4, -0.2) is 5.11 Å². The summed E-state index contributed by atoms with van der Waals surface area (Å²) >= 11 is 12.2. The van der Waals surface area contributed by atoms with Gasteiger partial charge in [-0.15, -0.1) is 0 Å². The second-order valence-corrected chi connectivity index (χ2v) is 5.81. The van der Waals surface area contributed by atoms with E-state index in [0.29, 0.717) is 10.0 Å². The summed E-state index contributed by atoms with van der Waals surface area (Å²) in [6, 6.07) is 13.7. The summed E-state index contributed by atoms with van der Waals surface area (Å²) in [6.45, 7) is 0. The molecule has 2 aromatic rings. The van der Waals surface area contributed by atoms with E-state index in [1.807, 2.05) is 30.3 Å².